The Hall–Kier alpha value is -1.31. The van der Waals surface area contributed by atoms with Crippen LogP contribution in [0.2, 0.25) is 0 Å². The highest BCUT2D eigenvalue weighted by Crippen LogP contribution is 2.64. The molecule has 0 aliphatic heterocycles. The molecule has 2 aliphatic rings. The molecule has 0 aromatic heterocycles. The lowest BCUT2D eigenvalue weighted by Crippen LogP contribution is -2.30. The summed E-state index contributed by atoms with van der Waals surface area (Å²) in [7, 11) is 0. The van der Waals surface area contributed by atoms with E-state index in [-0.39, 0.29) is 11.3 Å². The SMILES string of the molecule is Cc1cccc(C2(C3CCC3)C[C@H]2C(=O)O)c1. The topological polar surface area (TPSA) is 37.3 Å². The first-order valence-corrected chi connectivity index (χ1v) is 6.44. The minimum Gasteiger partial charge on any atom is -0.481 e. The number of rotatable bonds is 3. The molecule has 0 spiro atoms. The van der Waals surface area contributed by atoms with Crippen LogP contribution in [0.1, 0.15) is 36.8 Å². The molecule has 0 amide bonds. The van der Waals surface area contributed by atoms with Crippen molar-refractivity contribution in [1.29, 1.82) is 0 Å². The number of carbonyl (C=O) groups is 1. The second-order valence-corrected chi connectivity index (χ2v) is 5.63. The van der Waals surface area contributed by atoms with Crippen molar-refractivity contribution in [3.63, 3.8) is 0 Å². The predicted octanol–water partition coefficient (Wildman–Crippen LogP) is 3.14. The minimum absolute atomic E-state index is 0.0316. The third-order valence-corrected chi connectivity index (χ3v) is 4.69. The highest BCUT2D eigenvalue weighted by atomic mass is 16.4. The molecule has 1 aromatic rings. The monoisotopic (exact) mass is 230 g/mol. The van der Waals surface area contributed by atoms with Crippen molar-refractivity contribution in [3.05, 3.63) is 35.4 Å². The van der Waals surface area contributed by atoms with Gasteiger partial charge in [-0.3, -0.25) is 4.79 Å². The molecule has 3 rings (SSSR count). The summed E-state index contributed by atoms with van der Waals surface area (Å²) in [4.78, 5) is 11.3. The van der Waals surface area contributed by atoms with E-state index in [2.05, 4.69) is 31.2 Å². The van der Waals surface area contributed by atoms with E-state index in [1.165, 1.54) is 30.4 Å². The van der Waals surface area contributed by atoms with Gasteiger partial charge < -0.3 is 5.11 Å². The van der Waals surface area contributed by atoms with Crippen molar-refractivity contribution in [3.8, 4) is 0 Å². The molecule has 2 fully saturated rings. The summed E-state index contributed by atoms with van der Waals surface area (Å²) in [6, 6.07) is 8.44. The Morgan fingerprint density at radius 1 is 1.41 bits per heavy atom. The smallest absolute Gasteiger partial charge is 0.307 e. The van der Waals surface area contributed by atoms with Crippen LogP contribution in [0.4, 0.5) is 0 Å². The Kier molecular flexibility index (Phi) is 2.29. The molecular formula is C15H18O2. The molecule has 2 nitrogen and oxygen atoms in total. The second kappa shape index (κ2) is 3.59. The second-order valence-electron chi connectivity index (χ2n) is 5.63. The van der Waals surface area contributed by atoms with Gasteiger partial charge in [-0.25, -0.2) is 0 Å². The molecule has 90 valence electrons. The Morgan fingerprint density at radius 3 is 2.65 bits per heavy atom. The van der Waals surface area contributed by atoms with Crippen molar-refractivity contribution in [2.45, 2.75) is 38.0 Å². The summed E-state index contributed by atoms with van der Waals surface area (Å²) in [5.41, 5.74) is 2.46. The molecule has 0 heterocycles. The van der Waals surface area contributed by atoms with Crippen molar-refractivity contribution < 1.29 is 9.90 Å². The van der Waals surface area contributed by atoms with E-state index in [0.29, 0.717) is 5.92 Å². The van der Waals surface area contributed by atoms with Crippen LogP contribution in [0.5, 0.6) is 0 Å². The highest BCUT2D eigenvalue weighted by Gasteiger charge is 2.64. The largest absolute Gasteiger partial charge is 0.481 e. The first-order chi connectivity index (χ1) is 8.14. The van der Waals surface area contributed by atoms with Crippen molar-refractivity contribution in [2.75, 3.05) is 0 Å². The zero-order valence-corrected chi connectivity index (χ0v) is 10.1. The standard InChI is InChI=1S/C15H18O2/c1-10-4-2-7-12(8-10)15(11-5-3-6-11)9-13(15)14(16)17/h2,4,7-8,11,13H,3,5-6,9H2,1H3,(H,16,17)/t13-,15?/m0/s1. The number of carboxylic acid groups (broad SMARTS) is 1. The number of benzene rings is 1. The fourth-order valence-electron chi connectivity index (χ4n) is 3.45. The van der Waals surface area contributed by atoms with E-state index in [1.807, 2.05) is 0 Å². The minimum atomic E-state index is -0.613. The molecule has 17 heavy (non-hydrogen) atoms. The third kappa shape index (κ3) is 1.50. The lowest BCUT2D eigenvalue weighted by Gasteiger charge is -2.35. The van der Waals surface area contributed by atoms with Crippen LogP contribution < -0.4 is 0 Å². The molecular weight excluding hydrogens is 212 g/mol. The Labute approximate surface area is 102 Å². The van der Waals surface area contributed by atoms with Crippen LogP contribution in [-0.2, 0) is 10.2 Å². The number of carboxylic acids is 1. The molecule has 0 radical (unpaired) electrons. The fourth-order valence-corrected chi connectivity index (χ4v) is 3.45. The lowest BCUT2D eigenvalue weighted by molar-refractivity contribution is -0.139. The molecule has 1 aromatic carbocycles. The zero-order chi connectivity index (χ0) is 12.0. The Bertz CT molecular complexity index is 462. The summed E-state index contributed by atoms with van der Waals surface area (Å²) in [6.07, 6.45) is 4.52. The Morgan fingerprint density at radius 2 is 2.18 bits per heavy atom. The number of hydrogen-bond acceptors (Lipinski definition) is 1. The van der Waals surface area contributed by atoms with E-state index in [0.717, 1.165) is 6.42 Å². The average Bonchev–Trinajstić information content (AvgIpc) is 2.92. The molecule has 1 unspecified atom stereocenters. The van der Waals surface area contributed by atoms with Gasteiger partial charge >= 0.3 is 5.97 Å². The van der Waals surface area contributed by atoms with Gasteiger partial charge in [0.05, 0.1) is 5.92 Å². The maximum Gasteiger partial charge on any atom is 0.307 e. The van der Waals surface area contributed by atoms with Crippen LogP contribution in [0, 0.1) is 18.8 Å². The number of hydrogen-bond donors (Lipinski definition) is 1. The summed E-state index contributed by atoms with van der Waals surface area (Å²) >= 11 is 0. The van der Waals surface area contributed by atoms with Gasteiger partial charge in [-0.1, -0.05) is 36.2 Å². The fraction of sp³-hybridized carbons (Fsp3) is 0.533. The van der Waals surface area contributed by atoms with Crippen molar-refractivity contribution in [2.24, 2.45) is 11.8 Å². The molecule has 2 heteroatoms. The summed E-state index contributed by atoms with van der Waals surface area (Å²) in [5.74, 6) is -0.154. The van der Waals surface area contributed by atoms with Crippen LogP contribution >= 0.6 is 0 Å². The molecule has 1 N–H and O–H groups in total. The number of aryl methyl sites for hydroxylation is 1. The summed E-state index contributed by atoms with van der Waals surface area (Å²) in [5, 5.41) is 9.29. The maximum absolute atomic E-state index is 11.3. The summed E-state index contributed by atoms with van der Waals surface area (Å²) < 4.78 is 0. The third-order valence-electron chi connectivity index (χ3n) is 4.69. The quantitative estimate of drug-likeness (QED) is 0.866. The van der Waals surface area contributed by atoms with E-state index in [9.17, 15) is 9.90 Å². The van der Waals surface area contributed by atoms with Gasteiger partial charge in [0.15, 0.2) is 0 Å². The lowest BCUT2D eigenvalue weighted by atomic mass is 9.69. The average molecular weight is 230 g/mol. The van der Waals surface area contributed by atoms with E-state index < -0.39 is 5.97 Å². The van der Waals surface area contributed by atoms with Crippen LogP contribution in [-0.4, -0.2) is 11.1 Å². The molecule has 0 bridgehead atoms. The predicted molar refractivity (Wildman–Crippen MR) is 65.9 cm³/mol. The normalized spacial score (nSPS) is 31.9. The van der Waals surface area contributed by atoms with Gasteiger partial charge in [0.25, 0.3) is 0 Å². The highest BCUT2D eigenvalue weighted by molar-refractivity contribution is 5.77. The van der Waals surface area contributed by atoms with Gasteiger partial charge in [0.2, 0.25) is 0 Å². The zero-order valence-electron chi connectivity index (χ0n) is 10.1. The Balaban J connectivity index is 1.98. The van der Waals surface area contributed by atoms with Gasteiger partial charge in [0, 0.05) is 5.41 Å². The van der Waals surface area contributed by atoms with Crippen LogP contribution in [0.15, 0.2) is 24.3 Å². The summed E-state index contributed by atoms with van der Waals surface area (Å²) in [6.45, 7) is 2.08. The maximum atomic E-state index is 11.3. The van der Waals surface area contributed by atoms with Gasteiger partial charge in [-0.2, -0.15) is 0 Å². The molecule has 2 atom stereocenters. The van der Waals surface area contributed by atoms with Gasteiger partial charge in [-0.05, 0) is 37.7 Å². The van der Waals surface area contributed by atoms with Crippen LogP contribution in [0.3, 0.4) is 0 Å². The molecule has 0 saturated heterocycles. The van der Waals surface area contributed by atoms with E-state index >= 15 is 0 Å². The first kappa shape index (κ1) is 10.8. The van der Waals surface area contributed by atoms with E-state index in [4.69, 9.17) is 0 Å². The van der Waals surface area contributed by atoms with Gasteiger partial charge in [0.1, 0.15) is 0 Å². The van der Waals surface area contributed by atoms with Crippen molar-refractivity contribution in [1.82, 2.24) is 0 Å². The number of aliphatic carboxylic acids is 1. The first-order valence-electron chi connectivity index (χ1n) is 6.44. The van der Waals surface area contributed by atoms with E-state index in [1.54, 1.807) is 0 Å². The van der Waals surface area contributed by atoms with Crippen molar-refractivity contribution >= 4 is 5.97 Å². The molecule has 2 aliphatic carbocycles. The van der Waals surface area contributed by atoms with Crippen LogP contribution in [0.25, 0.3) is 0 Å². The molecule has 2 saturated carbocycles. The van der Waals surface area contributed by atoms with Gasteiger partial charge in [-0.15, -0.1) is 0 Å².